The molecule has 2 fully saturated rings. The Morgan fingerprint density at radius 1 is 1.05 bits per heavy atom. The third kappa shape index (κ3) is 4.38. The van der Waals surface area contributed by atoms with Gasteiger partial charge in [-0.15, -0.1) is 0 Å². The van der Waals surface area contributed by atoms with E-state index in [1.807, 2.05) is 16.8 Å². The van der Waals surface area contributed by atoms with Gasteiger partial charge in [-0.1, -0.05) is 6.42 Å². The summed E-state index contributed by atoms with van der Waals surface area (Å²) >= 11 is 0. The Morgan fingerprint density at radius 2 is 1.89 bits per heavy atom. The lowest BCUT2D eigenvalue weighted by Gasteiger charge is -2.27. The lowest BCUT2D eigenvalue weighted by molar-refractivity contribution is 0.266. The smallest absolute Gasteiger partial charge is 0.232 e. The van der Waals surface area contributed by atoms with Crippen LogP contribution in [0.1, 0.15) is 48.8 Å². The highest BCUT2D eigenvalue weighted by Gasteiger charge is 2.29. The van der Waals surface area contributed by atoms with Crippen molar-refractivity contribution in [3.05, 3.63) is 47.5 Å². The highest BCUT2D eigenvalue weighted by Crippen LogP contribution is 2.36. The van der Waals surface area contributed by atoms with Crippen molar-refractivity contribution in [2.24, 2.45) is 5.92 Å². The minimum absolute atomic E-state index is 0.0781. The quantitative estimate of drug-likeness (QED) is 0.339. The first-order chi connectivity index (χ1) is 18.4. The molecule has 1 saturated carbocycles. The fourth-order valence-electron chi connectivity index (χ4n) is 5.83. The summed E-state index contributed by atoms with van der Waals surface area (Å²) in [5, 5.41) is 14.5. The van der Waals surface area contributed by atoms with Crippen molar-refractivity contribution in [2.45, 2.75) is 65.5 Å². The van der Waals surface area contributed by atoms with Crippen LogP contribution in [0.3, 0.4) is 0 Å². The number of aliphatic hydroxyl groups is 1. The summed E-state index contributed by atoms with van der Waals surface area (Å²) in [5.74, 6) is 3.65. The highest BCUT2D eigenvalue weighted by atomic mass is 16.5. The monoisotopic (exact) mass is 515 g/mol. The number of anilines is 3. The SMILES string of the molecule is COc1cc(-n2cnc(Nc3nc(N4CCC[C@H]4CO)c4c(C)cn(CC5CCC5)c4n3)c2)cc(C)c1C. The van der Waals surface area contributed by atoms with Crippen LogP contribution in [0.15, 0.2) is 30.9 Å². The van der Waals surface area contributed by atoms with Crippen LogP contribution in [0.5, 0.6) is 5.75 Å². The van der Waals surface area contributed by atoms with Crippen molar-refractivity contribution < 1.29 is 9.84 Å². The number of aromatic nitrogens is 5. The van der Waals surface area contributed by atoms with Gasteiger partial charge in [-0.25, -0.2) is 4.98 Å². The number of methoxy groups -OCH3 is 1. The zero-order valence-corrected chi connectivity index (χ0v) is 22.7. The molecule has 4 aromatic rings. The number of nitrogens with one attached hydrogen (secondary N) is 1. The van der Waals surface area contributed by atoms with Gasteiger partial charge in [0.1, 0.15) is 23.5 Å². The molecule has 9 nitrogen and oxygen atoms in total. The molecule has 9 heteroatoms. The predicted octanol–water partition coefficient (Wildman–Crippen LogP) is 5.06. The number of hydrogen-bond donors (Lipinski definition) is 2. The van der Waals surface area contributed by atoms with E-state index in [-0.39, 0.29) is 12.6 Å². The molecule has 1 saturated heterocycles. The van der Waals surface area contributed by atoms with E-state index in [0.29, 0.717) is 17.7 Å². The van der Waals surface area contributed by atoms with Gasteiger partial charge in [-0.05, 0) is 75.1 Å². The molecule has 1 aliphatic carbocycles. The molecule has 4 heterocycles. The molecule has 38 heavy (non-hydrogen) atoms. The van der Waals surface area contributed by atoms with Gasteiger partial charge in [-0.2, -0.15) is 9.97 Å². The van der Waals surface area contributed by atoms with Gasteiger partial charge in [0.05, 0.1) is 37.0 Å². The van der Waals surface area contributed by atoms with Gasteiger partial charge in [0, 0.05) is 25.4 Å². The number of benzene rings is 1. The van der Waals surface area contributed by atoms with Gasteiger partial charge in [0.2, 0.25) is 5.95 Å². The topological polar surface area (TPSA) is 93.3 Å². The number of rotatable bonds is 8. The lowest BCUT2D eigenvalue weighted by Crippen LogP contribution is -2.33. The zero-order valence-electron chi connectivity index (χ0n) is 22.7. The largest absolute Gasteiger partial charge is 0.496 e. The Hall–Kier alpha value is -3.59. The molecular formula is C29H37N7O2. The molecule has 1 atom stereocenters. The first-order valence-corrected chi connectivity index (χ1v) is 13.7. The second-order valence-corrected chi connectivity index (χ2v) is 10.9. The van der Waals surface area contributed by atoms with Crippen LogP contribution in [0, 0.1) is 26.7 Å². The molecule has 3 aromatic heterocycles. The van der Waals surface area contributed by atoms with Crippen molar-refractivity contribution in [1.82, 2.24) is 24.1 Å². The molecule has 2 N–H and O–H groups in total. The molecule has 1 aliphatic heterocycles. The molecule has 6 rings (SSSR count). The molecule has 0 unspecified atom stereocenters. The first kappa shape index (κ1) is 24.7. The lowest BCUT2D eigenvalue weighted by atomic mass is 9.85. The van der Waals surface area contributed by atoms with Gasteiger partial charge >= 0.3 is 0 Å². The molecule has 2 aliphatic rings. The van der Waals surface area contributed by atoms with E-state index in [1.165, 1.54) is 24.8 Å². The van der Waals surface area contributed by atoms with Gasteiger partial charge in [-0.3, -0.25) is 0 Å². The summed E-state index contributed by atoms with van der Waals surface area (Å²) < 4.78 is 9.84. The maximum absolute atomic E-state index is 10.1. The Labute approximate surface area is 223 Å². The second-order valence-electron chi connectivity index (χ2n) is 10.9. The number of aliphatic hydroxyl groups excluding tert-OH is 1. The molecule has 0 spiro atoms. The third-order valence-electron chi connectivity index (χ3n) is 8.37. The Balaban J connectivity index is 1.38. The summed E-state index contributed by atoms with van der Waals surface area (Å²) in [5.41, 5.74) is 5.40. The van der Waals surface area contributed by atoms with E-state index in [0.717, 1.165) is 65.3 Å². The van der Waals surface area contributed by atoms with E-state index in [1.54, 1.807) is 13.4 Å². The Morgan fingerprint density at radius 3 is 2.63 bits per heavy atom. The zero-order chi connectivity index (χ0) is 26.4. The van der Waals surface area contributed by atoms with Crippen molar-refractivity contribution in [1.29, 1.82) is 0 Å². The van der Waals surface area contributed by atoms with Crippen LogP contribution in [0.4, 0.5) is 17.6 Å². The molecule has 0 radical (unpaired) electrons. The summed E-state index contributed by atoms with van der Waals surface area (Å²) in [6.07, 6.45) is 11.8. The van der Waals surface area contributed by atoms with E-state index < -0.39 is 0 Å². The summed E-state index contributed by atoms with van der Waals surface area (Å²) in [6, 6.07) is 4.23. The number of aryl methyl sites for hydroxylation is 2. The van der Waals surface area contributed by atoms with Crippen LogP contribution < -0.4 is 15.0 Å². The average Bonchev–Trinajstić information content (AvgIpc) is 3.62. The standard InChI is InChI=1S/C29H37N7O2/c1-18-11-23(12-24(38-4)20(18)3)35-15-25(30-17-35)31-29-32-27-26(19(2)13-34(27)14-21-7-5-8-21)28(33-29)36-10-6-9-22(36)16-37/h11-13,15,17,21-22,37H,5-10,14,16H2,1-4H3,(H,31,32,33)/t22-/m0/s1. The molecule has 0 amide bonds. The van der Waals surface area contributed by atoms with Crippen molar-refractivity contribution in [2.75, 3.05) is 30.5 Å². The molecule has 0 bridgehead atoms. The van der Waals surface area contributed by atoms with Crippen molar-refractivity contribution >= 4 is 28.6 Å². The Kier molecular flexibility index (Phi) is 6.47. The number of fused-ring (bicyclic) bond motifs is 1. The number of hydrogen-bond acceptors (Lipinski definition) is 7. The Bertz CT molecular complexity index is 1470. The number of imidazole rings is 1. The van der Waals surface area contributed by atoms with Crippen LogP contribution in [0.25, 0.3) is 16.7 Å². The van der Waals surface area contributed by atoms with E-state index in [4.69, 9.17) is 14.7 Å². The van der Waals surface area contributed by atoms with E-state index >= 15 is 0 Å². The number of ether oxygens (including phenoxy) is 1. The van der Waals surface area contributed by atoms with Crippen LogP contribution in [0.2, 0.25) is 0 Å². The molecular weight excluding hydrogens is 478 g/mol. The highest BCUT2D eigenvalue weighted by molar-refractivity contribution is 5.93. The predicted molar refractivity (Wildman–Crippen MR) is 150 cm³/mol. The summed E-state index contributed by atoms with van der Waals surface area (Å²) in [7, 11) is 1.70. The normalized spacial score (nSPS) is 17.8. The number of nitrogens with zero attached hydrogens (tertiary/aromatic N) is 6. The van der Waals surface area contributed by atoms with Crippen LogP contribution >= 0.6 is 0 Å². The van der Waals surface area contributed by atoms with Crippen LogP contribution in [-0.4, -0.2) is 55.5 Å². The second kappa shape index (κ2) is 9.94. The van der Waals surface area contributed by atoms with Crippen LogP contribution in [-0.2, 0) is 6.54 Å². The van der Waals surface area contributed by atoms with E-state index in [9.17, 15) is 5.11 Å². The van der Waals surface area contributed by atoms with Gasteiger partial charge < -0.3 is 29.2 Å². The summed E-state index contributed by atoms with van der Waals surface area (Å²) in [6.45, 7) is 8.28. The van der Waals surface area contributed by atoms with Crippen molar-refractivity contribution in [3.63, 3.8) is 0 Å². The maximum atomic E-state index is 10.1. The molecule has 200 valence electrons. The fraction of sp³-hybridized carbons (Fsp3) is 0.483. The first-order valence-electron chi connectivity index (χ1n) is 13.7. The van der Waals surface area contributed by atoms with Crippen molar-refractivity contribution in [3.8, 4) is 11.4 Å². The van der Waals surface area contributed by atoms with Gasteiger partial charge in [0.25, 0.3) is 0 Å². The minimum atomic E-state index is 0.0781. The summed E-state index contributed by atoms with van der Waals surface area (Å²) in [4.78, 5) is 16.9. The average molecular weight is 516 g/mol. The minimum Gasteiger partial charge on any atom is -0.496 e. The van der Waals surface area contributed by atoms with E-state index in [2.05, 4.69) is 52.8 Å². The van der Waals surface area contributed by atoms with Gasteiger partial charge in [0.15, 0.2) is 5.82 Å². The third-order valence-corrected chi connectivity index (χ3v) is 8.37. The molecule has 1 aromatic carbocycles. The maximum Gasteiger partial charge on any atom is 0.232 e. The fourth-order valence-corrected chi connectivity index (χ4v) is 5.83.